The highest BCUT2D eigenvalue weighted by molar-refractivity contribution is 6.01. The Kier molecular flexibility index (Phi) is 3.78. The molecule has 0 saturated carbocycles. The van der Waals surface area contributed by atoms with Crippen LogP contribution in [0.15, 0.2) is 46.2 Å². The zero-order valence-electron chi connectivity index (χ0n) is 12.9. The number of aromatic nitrogens is 6. The molecular weight excluding hydrogens is 314 g/mol. The number of nitrogens with zero attached hydrogens (tertiary/aromatic N) is 6. The first kappa shape index (κ1) is 15.3. The molecule has 24 heavy (non-hydrogen) atoms. The maximum Gasteiger partial charge on any atom is 0.351 e. The van der Waals surface area contributed by atoms with Gasteiger partial charge in [0.15, 0.2) is 0 Å². The second kappa shape index (κ2) is 5.91. The Morgan fingerprint density at radius 1 is 1.12 bits per heavy atom. The average molecular weight is 327 g/mol. The van der Waals surface area contributed by atoms with Gasteiger partial charge in [0.05, 0.1) is 5.69 Å². The smallest absolute Gasteiger partial charge is 0.303 e. The van der Waals surface area contributed by atoms with Crippen molar-refractivity contribution in [3.8, 4) is 5.69 Å². The molecule has 0 bridgehead atoms. The molecule has 0 aliphatic rings. The summed E-state index contributed by atoms with van der Waals surface area (Å²) in [5.41, 5.74) is -1.55. The molecule has 2 heterocycles. The first-order valence-electron chi connectivity index (χ1n) is 6.90. The van der Waals surface area contributed by atoms with Crippen LogP contribution in [0.4, 0.5) is 5.95 Å². The highest BCUT2D eigenvalue weighted by atomic mass is 16.2. The lowest BCUT2D eigenvalue weighted by molar-refractivity contribution is 0.101. The molecule has 0 fully saturated rings. The molecule has 10 nitrogen and oxygen atoms in total. The van der Waals surface area contributed by atoms with E-state index in [9.17, 15) is 14.4 Å². The Hall–Kier alpha value is -3.56. The van der Waals surface area contributed by atoms with Gasteiger partial charge >= 0.3 is 5.69 Å². The number of carbonyl (C=O) groups is 1. The van der Waals surface area contributed by atoms with Gasteiger partial charge in [0, 0.05) is 14.1 Å². The Morgan fingerprint density at radius 3 is 2.46 bits per heavy atom. The lowest BCUT2D eigenvalue weighted by atomic mass is 10.3. The number of hydrogen-bond acceptors (Lipinski definition) is 6. The van der Waals surface area contributed by atoms with Gasteiger partial charge in [-0.05, 0) is 12.1 Å². The number of rotatable bonds is 3. The quantitative estimate of drug-likeness (QED) is 0.681. The SMILES string of the molecule is Cn1cnnc1NC(=O)c1nn(C)c(=O)n(-c2ccccc2)c1=O. The molecule has 3 aromatic rings. The van der Waals surface area contributed by atoms with Crippen LogP contribution < -0.4 is 16.6 Å². The number of anilines is 1. The topological polar surface area (TPSA) is 117 Å². The van der Waals surface area contributed by atoms with Crippen LogP contribution in [-0.4, -0.2) is 35.0 Å². The van der Waals surface area contributed by atoms with Crippen molar-refractivity contribution in [2.24, 2.45) is 14.1 Å². The highest BCUT2D eigenvalue weighted by Gasteiger charge is 2.20. The molecule has 1 aromatic carbocycles. The summed E-state index contributed by atoms with van der Waals surface area (Å²) in [6, 6.07) is 8.30. The van der Waals surface area contributed by atoms with Crippen LogP contribution >= 0.6 is 0 Å². The molecule has 1 amide bonds. The van der Waals surface area contributed by atoms with Gasteiger partial charge in [0.25, 0.3) is 11.5 Å². The van der Waals surface area contributed by atoms with Crippen molar-refractivity contribution >= 4 is 11.9 Å². The van der Waals surface area contributed by atoms with E-state index in [0.717, 1.165) is 9.25 Å². The molecule has 0 saturated heterocycles. The number of hydrogen-bond donors (Lipinski definition) is 1. The molecule has 0 radical (unpaired) electrons. The van der Waals surface area contributed by atoms with Crippen LogP contribution in [0.3, 0.4) is 0 Å². The summed E-state index contributed by atoms with van der Waals surface area (Å²) in [6.45, 7) is 0. The van der Waals surface area contributed by atoms with Crippen molar-refractivity contribution in [3.63, 3.8) is 0 Å². The number of aryl methyl sites for hydroxylation is 2. The van der Waals surface area contributed by atoms with Gasteiger partial charge in [-0.2, -0.15) is 5.10 Å². The summed E-state index contributed by atoms with van der Waals surface area (Å²) in [4.78, 5) is 37.2. The van der Waals surface area contributed by atoms with Gasteiger partial charge in [-0.15, -0.1) is 10.2 Å². The first-order chi connectivity index (χ1) is 11.5. The minimum Gasteiger partial charge on any atom is -0.303 e. The molecule has 122 valence electrons. The van der Waals surface area contributed by atoms with E-state index >= 15 is 0 Å². The van der Waals surface area contributed by atoms with Crippen LogP contribution in [0.5, 0.6) is 0 Å². The molecule has 0 aliphatic carbocycles. The van der Waals surface area contributed by atoms with Crippen molar-refractivity contribution in [1.29, 1.82) is 0 Å². The van der Waals surface area contributed by atoms with Crippen molar-refractivity contribution < 1.29 is 4.79 Å². The van der Waals surface area contributed by atoms with Gasteiger partial charge in [-0.3, -0.25) is 14.9 Å². The zero-order chi connectivity index (χ0) is 17.3. The highest BCUT2D eigenvalue weighted by Crippen LogP contribution is 2.03. The molecule has 3 rings (SSSR count). The second-order valence-corrected chi connectivity index (χ2v) is 4.95. The minimum atomic E-state index is -0.816. The molecule has 1 N–H and O–H groups in total. The number of carbonyl (C=O) groups excluding carboxylic acids is 1. The number of nitrogens with one attached hydrogen (secondary N) is 1. The Bertz CT molecular complexity index is 1020. The third-order valence-corrected chi connectivity index (χ3v) is 3.29. The van der Waals surface area contributed by atoms with E-state index in [-0.39, 0.29) is 5.95 Å². The van der Waals surface area contributed by atoms with E-state index in [1.807, 2.05) is 0 Å². The van der Waals surface area contributed by atoms with E-state index in [2.05, 4.69) is 20.6 Å². The average Bonchev–Trinajstić information content (AvgIpc) is 2.97. The number of benzene rings is 1. The molecule has 0 aliphatic heterocycles. The molecule has 0 atom stereocenters. The number of para-hydroxylation sites is 1. The van der Waals surface area contributed by atoms with E-state index in [4.69, 9.17) is 0 Å². The maximum absolute atomic E-state index is 12.6. The monoisotopic (exact) mass is 327 g/mol. The van der Waals surface area contributed by atoms with E-state index < -0.39 is 22.9 Å². The fourth-order valence-electron chi connectivity index (χ4n) is 2.08. The summed E-state index contributed by atoms with van der Waals surface area (Å²) >= 11 is 0. The van der Waals surface area contributed by atoms with E-state index in [1.165, 1.54) is 17.9 Å². The zero-order valence-corrected chi connectivity index (χ0v) is 12.9. The fourth-order valence-corrected chi connectivity index (χ4v) is 2.08. The lowest BCUT2D eigenvalue weighted by Gasteiger charge is -2.09. The summed E-state index contributed by atoms with van der Waals surface area (Å²) in [6.07, 6.45) is 1.39. The van der Waals surface area contributed by atoms with Crippen LogP contribution in [0.2, 0.25) is 0 Å². The van der Waals surface area contributed by atoms with Gasteiger partial charge in [0.1, 0.15) is 6.33 Å². The van der Waals surface area contributed by atoms with Gasteiger partial charge in [0.2, 0.25) is 11.6 Å². The lowest BCUT2D eigenvalue weighted by Crippen LogP contribution is -2.43. The van der Waals surface area contributed by atoms with E-state index in [0.29, 0.717) is 5.69 Å². The van der Waals surface area contributed by atoms with Crippen molar-refractivity contribution in [2.75, 3.05) is 5.32 Å². The largest absolute Gasteiger partial charge is 0.351 e. The third-order valence-electron chi connectivity index (χ3n) is 3.29. The van der Waals surface area contributed by atoms with Crippen LogP contribution in [0, 0.1) is 0 Å². The molecule has 2 aromatic heterocycles. The second-order valence-electron chi connectivity index (χ2n) is 4.95. The predicted molar refractivity (Wildman–Crippen MR) is 84.0 cm³/mol. The van der Waals surface area contributed by atoms with Crippen LogP contribution in [0.1, 0.15) is 10.5 Å². The normalized spacial score (nSPS) is 10.6. The van der Waals surface area contributed by atoms with Crippen molar-refractivity contribution in [2.45, 2.75) is 0 Å². The first-order valence-corrected chi connectivity index (χ1v) is 6.90. The van der Waals surface area contributed by atoms with Crippen LogP contribution in [0.25, 0.3) is 5.69 Å². The predicted octanol–water partition coefficient (Wildman–Crippen LogP) is -0.688. The fraction of sp³-hybridized carbons (Fsp3) is 0.143. The van der Waals surface area contributed by atoms with Crippen molar-refractivity contribution in [1.82, 2.24) is 29.1 Å². The Labute approximate surface area is 135 Å². The van der Waals surface area contributed by atoms with Gasteiger partial charge in [-0.25, -0.2) is 14.0 Å². The van der Waals surface area contributed by atoms with Gasteiger partial charge < -0.3 is 4.57 Å². The molecule has 0 unspecified atom stereocenters. The maximum atomic E-state index is 12.6. The summed E-state index contributed by atoms with van der Waals surface area (Å²) in [5, 5.41) is 13.5. The van der Waals surface area contributed by atoms with E-state index in [1.54, 1.807) is 37.4 Å². The van der Waals surface area contributed by atoms with Gasteiger partial charge in [-0.1, -0.05) is 18.2 Å². The van der Waals surface area contributed by atoms with Crippen LogP contribution in [-0.2, 0) is 14.1 Å². The summed E-state index contributed by atoms with van der Waals surface area (Å²) < 4.78 is 3.29. The van der Waals surface area contributed by atoms with Crippen molar-refractivity contribution in [3.05, 3.63) is 63.2 Å². The Balaban J connectivity index is 2.12. The molecular formula is C14H13N7O3. The summed E-state index contributed by atoms with van der Waals surface area (Å²) in [7, 11) is 2.99. The third kappa shape index (κ3) is 2.60. The standard InChI is InChI=1S/C14H13N7O3/c1-19-8-15-17-13(19)16-11(22)10-12(23)21(14(24)20(2)18-10)9-6-4-3-5-7-9/h3-8H,1-2H3,(H,16,17,22). The minimum absolute atomic E-state index is 0.154. The summed E-state index contributed by atoms with van der Waals surface area (Å²) in [5.74, 6) is -0.627. The number of amides is 1. The molecule has 10 heteroatoms. The molecule has 0 spiro atoms. The Morgan fingerprint density at radius 2 is 1.83 bits per heavy atom.